The number of hydroxylamine groups is 1. The number of amides is 1. The zero-order chi connectivity index (χ0) is 24.0. The molecule has 1 amide bonds. The summed E-state index contributed by atoms with van der Waals surface area (Å²) in [5.74, 6) is -0.870. The molecular weight excluding hydrogens is 405 g/mol. The predicted octanol–water partition coefficient (Wildman–Crippen LogP) is 2.87. The maximum absolute atomic E-state index is 13.9. The molecule has 174 valence electrons. The SMILES string of the molecule is CC.CC1=CC=C(Nc2c(C(=O)NOCCCO)cn(C)c(=O)c2C)CC(F)=C1.CO. The molecule has 9 heteroatoms. The number of pyridine rings is 1. The van der Waals surface area contributed by atoms with E-state index in [1.807, 2.05) is 13.8 Å². The fourth-order valence-electron chi connectivity index (χ4n) is 2.60. The molecule has 0 saturated heterocycles. The first-order valence-electron chi connectivity index (χ1n) is 10.0. The minimum Gasteiger partial charge on any atom is -0.400 e. The Kier molecular flexibility index (Phi) is 13.8. The minimum absolute atomic E-state index is 0.0244. The Balaban J connectivity index is 0.00000212. The van der Waals surface area contributed by atoms with Crippen molar-refractivity contribution in [1.29, 1.82) is 0 Å². The molecule has 0 fully saturated rings. The molecule has 0 aromatic carbocycles. The predicted molar refractivity (Wildman–Crippen MR) is 120 cm³/mol. The van der Waals surface area contributed by atoms with Crippen molar-refractivity contribution in [3.05, 3.63) is 63.0 Å². The minimum atomic E-state index is -0.550. The van der Waals surface area contributed by atoms with Gasteiger partial charge in [-0.2, -0.15) is 0 Å². The Hall–Kier alpha value is -2.75. The van der Waals surface area contributed by atoms with Gasteiger partial charge in [0.25, 0.3) is 11.5 Å². The number of rotatable bonds is 7. The van der Waals surface area contributed by atoms with Crippen LogP contribution in [0.3, 0.4) is 0 Å². The highest BCUT2D eigenvalue weighted by Crippen LogP contribution is 2.25. The number of carbonyl (C=O) groups excluding carboxylic acids is 1. The van der Waals surface area contributed by atoms with Gasteiger partial charge in [0.15, 0.2) is 0 Å². The number of anilines is 1. The molecule has 8 nitrogen and oxygen atoms in total. The fraction of sp³-hybridized carbons (Fsp3) is 0.455. The number of allylic oxidation sites excluding steroid dienone is 5. The highest BCUT2D eigenvalue weighted by atomic mass is 19.1. The average molecular weight is 440 g/mol. The maximum Gasteiger partial charge on any atom is 0.278 e. The van der Waals surface area contributed by atoms with Gasteiger partial charge in [-0.3, -0.25) is 14.4 Å². The third-order valence-electron chi connectivity index (χ3n) is 4.00. The summed E-state index contributed by atoms with van der Waals surface area (Å²) in [6.07, 6.45) is 6.70. The fourth-order valence-corrected chi connectivity index (χ4v) is 2.60. The third kappa shape index (κ3) is 8.87. The number of halogens is 1. The number of aromatic nitrogens is 1. The summed E-state index contributed by atoms with van der Waals surface area (Å²) < 4.78 is 15.2. The van der Waals surface area contributed by atoms with Crippen molar-refractivity contribution in [3.63, 3.8) is 0 Å². The van der Waals surface area contributed by atoms with Gasteiger partial charge in [0, 0.05) is 44.6 Å². The first-order valence-corrected chi connectivity index (χ1v) is 10.0. The van der Waals surface area contributed by atoms with Crippen molar-refractivity contribution < 1.29 is 24.2 Å². The quantitative estimate of drug-likeness (QED) is 0.384. The van der Waals surface area contributed by atoms with Crippen LogP contribution >= 0.6 is 0 Å². The van der Waals surface area contributed by atoms with Gasteiger partial charge in [0.05, 0.1) is 17.9 Å². The molecule has 0 radical (unpaired) electrons. The van der Waals surface area contributed by atoms with Crippen molar-refractivity contribution in [1.82, 2.24) is 10.0 Å². The highest BCUT2D eigenvalue weighted by molar-refractivity contribution is 5.99. The smallest absolute Gasteiger partial charge is 0.278 e. The van der Waals surface area contributed by atoms with Gasteiger partial charge in [-0.25, -0.2) is 9.87 Å². The van der Waals surface area contributed by atoms with Crippen LogP contribution in [0.4, 0.5) is 10.1 Å². The van der Waals surface area contributed by atoms with Gasteiger partial charge < -0.3 is 20.1 Å². The molecule has 0 aliphatic heterocycles. The zero-order valence-electron chi connectivity index (χ0n) is 19.1. The topological polar surface area (TPSA) is 113 Å². The number of hydrogen-bond acceptors (Lipinski definition) is 6. The number of aliphatic hydroxyl groups is 2. The lowest BCUT2D eigenvalue weighted by atomic mass is 10.1. The van der Waals surface area contributed by atoms with E-state index in [4.69, 9.17) is 15.1 Å². The molecule has 4 N–H and O–H groups in total. The van der Waals surface area contributed by atoms with Crippen molar-refractivity contribution in [2.75, 3.05) is 25.6 Å². The summed E-state index contributed by atoms with van der Waals surface area (Å²) in [5, 5.41) is 18.8. The second-order valence-electron chi connectivity index (χ2n) is 6.31. The zero-order valence-corrected chi connectivity index (χ0v) is 19.1. The lowest BCUT2D eigenvalue weighted by molar-refractivity contribution is 0.0262. The molecule has 1 aliphatic carbocycles. The molecular formula is C22H34FN3O5. The van der Waals surface area contributed by atoms with E-state index in [0.717, 1.165) is 12.7 Å². The van der Waals surface area contributed by atoms with Crippen molar-refractivity contribution in [2.45, 2.75) is 40.5 Å². The van der Waals surface area contributed by atoms with E-state index in [1.54, 1.807) is 33.0 Å². The van der Waals surface area contributed by atoms with Crippen molar-refractivity contribution in [2.24, 2.45) is 7.05 Å². The van der Waals surface area contributed by atoms with Crippen LogP contribution in [-0.2, 0) is 11.9 Å². The van der Waals surface area contributed by atoms with E-state index in [9.17, 15) is 14.0 Å². The largest absolute Gasteiger partial charge is 0.400 e. The standard InChI is InChI=1S/C19H24FN3O4.C2H6.CH4O/c1-12-5-6-15(10-14(20)9-12)21-17-13(2)19(26)23(3)11-16(17)18(25)22-27-8-4-7-24;2*1-2/h5-6,9,11,21,24H,4,7-8,10H2,1-3H3,(H,22,25);1-2H3;2H,1H3. The molecule has 1 aromatic heterocycles. The molecule has 1 heterocycles. The van der Waals surface area contributed by atoms with Gasteiger partial charge in [-0.1, -0.05) is 19.9 Å². The molecule has 31 heavy (non-hydrogen) atoms. The summed E-state index contributed by atoms with van der Waals surface area (Å²) in [6.45, 7) is 7.48. The molecule has 0 atom stereocenters. The third-order valence-corrected chi connectivity index (χ3v) is 4.00. The maximum atomic E-state index is 13.9. The van der Waals surface area contributed by atoms with Crippen LogP contribution < -0.4 is 16.4 Å². The summed E-state index contributed by atoms with van der Waals surface area (Å²) >= 11 is 0. The van der Waals surface area contributed by atoms with Gasteiger partial charge in [0.2, 0.25) is 0 Å². The van der Waals surface area contributed by atoms with E-state index in [-0.39, 0.29) is 36.6 Å². The van der Waals surface area contributed by atoms with Gasteiger partial charge >= 0.3 is 0 Å². The number of carbonyl (C=O) groups is 1. The Morgan fingerprint density at radius 3 is 2.52 bits per heavy atom. The van der Waals surface area contributed by atoms with Crippen LogP contribution in [0.1, 0.15) is 49.5 Å². The monoisotopic (exact) mass is 439 g/mol. The summed E-state index contributed by atoms with van der Waals surface area (Å²) in [6, 6.07) is 0. The normalized spacial score (nSPS) is 12.6. The summed E-state index contributed by atoms with van der Waals surface area (Å²) in [5.41, 5.74) is 4.12. The van der Waals surface area contributed by atoms with E-state index in [0.29, 0.717) is 23.4 Å². The second kappa shape index (κ2) is 15.1. The lowest BCUT2D eigenvalue weighted by Gasteiger charge is -2.17. The average Bonchev–Trinajstić information content (AvgIpc) is 2.93. The summed E-state index contributed by atoms with van der Waals surface area (Å²) in [7, 11) is 2.54. The number of hydrogen-bond donors (Lipinski definition) is 4. The van der Waals surface area contributed by atoms with Gasteiger partial charge in [-0.15, -0.1) is 0 Å². The Bertz CT molecular complexity index is 873. The molecule has 0 bridgehead atoms. The van der Waals surface area contributed by atoms with Gasteiger partial charge in [-0.05, 0) is 38.0 Å². The molecule has 1 aliphatic rings. The van der Waals surface area contributed by atoms with Crippen LogP contribution in [0.25, 0.3) is 0 Å². The molecule has 0 unspecified atom stereocenters. The van der Waals surface area contributed by atoms with Crippen molar-refractivity contribution >= 4 is 11.6 Å². The van der Waals surface area contributed by atoms with Crippen LogP contribution in [0.15, 0.2) is 46.3 Å². The first kappa shape index (κ1) is 28.2. The van der Waals surface area contributed by atoms with Crippen LogP contribution in [0.2, 0.25) is 0 Å². The Morgan fingerprint density at radius 2 is 1.90 bits per heavy atom. The van der Waals surface area contributed by atoms with Gasteiger partial charge in [0.1, 0.15) is 5.83 Å². The van der Waals surface area contributed by atoms with Crippen LogP contribution in [0.5, 0.6) is 0 Å². The summed E-state index contributed by atoms with van der Waals surface area (Å²) in [4.78, 5) is 29.8. The van der Waals surface area contributed by atoms with Crippen LogP contribution in [-0.4, -0.2) is 41.0 Å². The molecule has 0 spiro atoms. The Morgan fingerprint density at radius 1 is 1.26 bits per heavy atom. The lowest BCUT2D eigenvalue weighted by Crippen LogP contribution is -2.30. The molecule has 1 aromatic rings. The van der Waals surface area contributed by atoms with Crippen molar-refractivity contribution in [3.8, 4) is 0 Å². The van der Waals surface area contributed by atoms with E-state index < -0.39 is 5.91 Å². The number of nitrogens with one attached hydrogen (secondary N) is 2. The van der Waals surface area contributed by atoms with E-state index >= 15 is 0 Å². The molecule has 2 rings (SSSR count). The second-order valence-corrected chi connectivity index (χ2v) is 6.31. The van der Waals surface area contributed by atoms with Crippen LogP contribution in [0, 0.1) is 6.92 Å². The van der Waals surface area contributed by atoms with E-state index in [1.165, 1.54) is 16.8 Å². The number of nitrogens with zero attached hydrogens (tertiary/aromatic N) is 1. The Labute approximate surface area is 182 Å². The highest BCUT2D eigenvalue weighted by Gasteiger charge is 2.19. The first-order chi connectivity index (χ1) is 14.8. The molecule has 0 saturated carbocycles. The number of aliphatic hydroxyl groups excluding tert-OH is 2. The number of aryl methyl sites for hydroxylation is 1. The van der Waals surface area contributed by atoms with E-state index in [2.05, 4.69) is 10.8 Å².